The van der Waals surface area contributed by atoms with Crippen LogP contribution in [0.1, 0.15) is 12.5 Å². The molecule has 1 aromatic heterocycles. The van der Waals surface area contributed by atoms with Crippen LogP contribution in [0.15, 0.2) is 77.4 Å². The number of fused-ring (bicyclic) bond motifs is 1. The highest BCUT2D eigenvalue weighted by molar-refractivity contribution is 6.31. The third kappa shape index (κ3) is 4.32. The summed E-state index contributed by atoms with van der Waals surface area (Å²) in [6.45, 7) is 1.82. The van der Waals surface area contributed by atoms with E-state index in [-0.39, 0.29) is 10.9 Å². The minimum Gasteiger partial charge on any atom is -0.496 e. The zero-order valence-electron chi connectivity index (χ0n) is 16.9. The van der Waals surface area contributed by atoms with Gasteiger partial charge in [0, 0.05) is 34.3 Å². The first-order valence-corrected chi connectivity index (χ1v) is 9.93. The number of furan rings is 1. The predicted molar refractivity (Wildman–Crippen MR) is 122 cm³/mol. The summed E-state index contributed by atoms with van der Waals surface area (Å²) in [4.78, 5) is 12.5. The Morgan fingerprint density at radius 3 is 2.61 bits per heavy atom. The molecule has 0 spiro atoms. The number of nitrogens with one attached hydrogen (secondary N) is 1. The van der Waals surface area contributed by atoms with Gasteiger partial charge in [0.2, 0.25) is 5.91 Å². The van der Waals surface area contributed by atoms with Crippen molar-refractivity contribution in [3.63, 3.8) is 0 Å². The molecule has 31 heavy (non-hydrogen) atoms. The molecule has 0 saturated heterocycles. The normalized spacial score (nSPS) is 11.5. The van der Waals surface area contributed by atoms with Crippen LogP contribution in [0.4, 0.5) is 10.1 Å². The summed E-state index contributed by atoms with van der Waals surface area (Å²) in [5.74, 6) is -0.315. The molecule has 1 heterocycles. The Labute approximate surface area is 183 Å². The zero-order chi connectivity index (χ0) is 22.0. The molecule has 0 radical (unpaired) electrons. The Morgan fingerprint density at radius 2 is 1.90 bits per heavy atom. The Bertz CT molecular complexity index is 1300. The van der Waals surface area contributed by atoms with Crippen molar-refractivity contribution in [2.75, 3.05) is 12.4 Å². The van der Waals surface area contributed by atoms with Crippen LogP contribution in [0.25, 0.3) is 27.7 Å². The van der Waals surface area contributed by atoms with Gasteiger partial charge >= 0.3 is 0 Å². The number of hydrogen-bond donors (Lipinski definition) is 1. The monoisotopic (exact) mass is 435 g/mol. The van der Waals surface area contributed by atoms with E-state index in [2.05, 4.69) is 5.32 Å². The molecule has 0 aliphatic heterocycles. The molecule has 1 amide bonds. The van der Waals surface area contributed by atoms with Gasteiger partial charge in [-0.15, -0.1) is 0 Å². The van der Waals surface area contributed by atoms with Gasteiger partial charge in [-0.05, 0) is 42.3 Å². The molecule has 0 aliphatic carbocycles. The minimum absolute atomic E-state index is 0.0565. The van der Waals surface area contributed by atoms with E-state index < -0.39 is 5.82 Å². The molecule has 0 bridgehead atoms. The number of ether oxygens (including phenoxy) is 1. The maximum Gasteiger partial charge on any atom is 0.248 e. The number of rotatable bonds is 5. The van der Waals surface area contributed by atoms with E-state index in [9.17, 15) is 9.18 Å². The third-order valence-electron chi connectivity index (χ3n) is 4.94. The third-order valence-corrected chi connectivity index (χ3v) is 5.23. The standard InChI is InChI=1S/C25H19ClFNO3/c1-15(10-25(29)28-17-8-9-22(27)21(26)11-17)18-12-19-20(16-6-4-3-5-7-16)14-31-24(19)13-23(18)30-2/h3-14H,1-2H3,(H,28,29)/b15-10+. The molecular weight excluding hydrogens is 417 g/mol. The van der Waals surface area contributed by atoms with Crippen LogP contribution in [-0.2, 0) is 4.79 Å². The second-order valence-electron chi connectivity index (χ2n) is 7.01. The quantitative estimate of drug-likeness (QED) is 0.345. The van der Waals surface area contributed by atoms with Crippen LogP contribution in [-0.4, -0.2) is 13.0 Å². The maximum atomic E-state index is 13.3. The van der Waals surface area contributed by atoms with E-state index in [1.165, 1.54) is 24.3 Å². The summed E-state index contributed by atoms with van der Waals surface area (Å²) in [6, 6.07) is 17.7. The number of anilines is 1. The first-order valence-electron chi connectivity index (χ1n) is 9.55. The van der Waals surface area contributed by atoms with Crippen molar-refractivity contribution in [2.45, 2.75) is 6.92 Å². The summed E-state index contributed by atoms with van der Waals surface area (Å²) in [7, 11) is 1.57. The van der Waals surface area contributed by atoms with Gasteiger partial charge in [0.05, 0.1) is 18.4 Å². The highest BCUT2D eigenvalue weighted by Gasteiger charge is 2.15. The maximum absolute atomic E-state index is 13.3. The SMILES string of the molecule is COc1cc2occ(-c3ccccc3)c2cc1/C(C)=C/C(=O)Nc1ccc(F)c(Cl)c1. The van der Waals surface area contributed by atoms with Gasteiger partial charge in [0.1, 0.15) is 17.1 Å². The van der Waals surface area contributed by atoms with E-state index in [4.69, 9.17) is 20.8 Å². The molecule has 0 saturated carbocycles. The molecule has 0 atom stereocenters. The predicted octanol–water partition coefficient (Wildman–Crippen LogP) is 6.94. The summed E-state index contributed by atoms with van der Waals surface area (Å²) in [5, 5.41) is 3.55. The lowest BCUT2D eigenvalue weighted by Crippen LogP contribution is -2.08. The number of benzene rings is 3. The van der Waals surface area contributed by atoms with Gasteiger partial charge < -0.3 is 14.5 Å². The largest absolute Gasteiger partial charge is 0.496 e. The van der Waals surface area contributed by atoms with Crippen molar-refractivity contribution < 1.29 is 18.3 Å². The average Bonchev–Trinajstić information content (AvgIpc) is 3.18. The summed E-state index contributed by atoms with van der Waals surface area (Å²) in [5.41, 5.74) is 4.55. The van der Waals surface area contributed by atoms with Crippen molar-refractivity contribution >= 4 is 39.7 Å². The second-order valence-corrected chi connectivity index (χ2v) is 7.42. The molecule has 1 N–H and O–H groups in total. The van der Waals surface area contributed by atoms with E-state index in [1.54, 1.807) is 13.4 Å². The highest BCUT2D eigenvalue weighted by atomic mass is 35.5. The molecule has 3 aromatic carbocycles. The molecule has 0 aliphatic rings. The Morgan fingerprint density at radius 1 is 1.13 bits per heavy atom. The summed E-state index contributed by atoms with van der Waals surface area (Å²) < 4.78 is 24.6. The summed E-state index contributed by atoms with van der Waals surface area (Å²) in [6.07, 6.45) is 3.18. The molecule has 0 fully saturated rings. The van der Waals surface area contributed by atoms with E-state index in [1.807, 2.05) is 49.4 Å². The number of halogens is 2. The molecule has 0 unspecified atom stereocenters. The smallest absolute Gasteiger partial charge is 0.248 e. The number of allylic oxidation sites excluding steroid dienone is 1. The molecular formula is C25H19ClFNO3. The second kappa shape index (κ2) is 8.66. The fourth-order valence-corrected chi connectivity index (χ4v) is 3.58. The highest BCUT2D eigenvalue weighted by Crippen LogP contribution is 2.37. The topological polar surface area (TPSA) is 51.5 Å². The number of carbonyl (C=O) groups is 1. The van der Waals surface area contributed by atoms with Crippen LogP contribution in [0, 0.1) is 5.82 Å². The molecule has 6 heteroatoms. The van der Waals surface area contributed by atoms with Crippen molar-refractivity contribution in [3.05, 3.63) is 89.4 Å². The van der Waals surface area contributed by atoms with E-state index >= 15 is 0 Å². The fraction of sp³-hybridized carbons (Fsp3) is 0.0800. The number of amides is 1. The minimum atomic E-state index is -0.543. The number of hydrogen-bond acceptors (Lipinski definition) is 3. The van der Waals surface area contributed by atoms with Crippen molar-refractivity contribution in [3.8, 4) is 16.9 Å². The van der Waals surface area contributed by atoms with Crippen LogP contribution in [0.2, 0.25) is 5.02 Å². The lowest BCUT2D eigenvalue weighted by atomic mass is 9.99. The van der Waals surface area contributed by atoms with Gasteiger partial charge in [-0.3, -0.25) is 4.79 Å². The van der Waals surface area contributed by atoms with E-state index in [0.717, 1.165) is 22.1 Å². The Balaban J connectivity index is 1.69. The molecule has 4 nitrogen and oxygen atoms in total. The van der Waals surface area contributed by atoms with Gasteiger partial charge in [0.25, 0.3) is 0 Å². The van der Waals surface area contributed by atoms with Gasteiger partial charge in [-0.1, -0.05) is 41.9 Å². The fourth-order valence-electron chi connectivity index (χ4n) is 3.40. The van der Waals surface area contributed by atoms with Crippen LogP contribution >= 0.6 is 11.6 Å². The lowest BCUT2D eigenvalue weighted by Gasteiger charge is -2.10. The van der Waals surface area contributed by atoms with Crippen LogP contribution in [0.3, 0.4) is 0 Å². The Hall–Kier alpha value is -3.57. The number of carbonyl (C=O) groups excluding carboxylic acids is 1. The number of methoxy groups -OCH3 is 1. The van der Waals surface area contributed by atoms with Crippen molar-refractivity contribution in [2.24, 2.45) is 0 Å². The van der Waals surface area contributed by atoms with Gasteiger partial charge in [-0.2, -0.15) is 0 Å². The zero-order valence-corrected chi connectivity index (χ0v) is 17.7. The first-order chi connectivity index (χ1) is 15.0. The lowest BCUT2D eigenvalue weighted by molar-refractivity contribution is -0.111. The average molecular weight is 436 g/mol. The Kier molecular flexibility index (Phi) is 5.78. The van der Waals surface area contributed by atoms with E-state index in [0.29, 0.717) is 22.6 Å². The summed E-state index contributed by atoms with van der Waals surface area (Å²) >= 11 is 5.78. The van der Waals surface area contributed by atoms with Crippen LogP contribution in [0.5, 0.6) is 5.75 Å². The van der Waals surface area contributed by atoms with Crippen LogP contribution < -0.4 is 10.1 Å². The molecule has 156 valence electrons. The van der Waals surface area contributed by atoms with Crippen molar-refractivity contribution in [1.82, 2.24) is 0 Å². The van der Waals surface area contributed by atoms with Crippen molar-refractivity contribution in [1.29, 1.82) is 0 Å². The molecule has 4 rings (SSSR count). The molecule has 4 aromatic rings. The van der Waals surface area contributed by atoms with Gasteiger partial charge in [-0.25, -0.2) is 4.39 Å². The first kappa shape index (κ1) is 20.7. The van der Waals surface area contributed by atoms with Gasteiger partial charge in [0.15, 0.2) is 0 Å².